The first-order chi connectivity index (χ1) is 10.8. The molecule has 3 rings (SSSR count). The Balaban J connectivity index is 1.62. The Morgan fingerprint density at radius 2 is 2.05 bits per heavy atom. The molecule has 118 valence electrons. The highest BCUT2D eigenvalue weighted by atomic mass is 32.2. The van der Waals surface area contributed by atoms with Gasteiger partial charge >= 0.3 is 0 Å². The van der Waals surface area contributed by atoms with Gasteiger partial charge in [0.1, 0.15) is 0 Å². The minimum absolute atomic E-state index is 0.172. The topological polar surface area (TPSA) is 34.0 Å². The van der Waals surface area contributed by atoms with Crippen molar-refractivity contribution in [3.05, 3.63) is 30.5 Å². The van der Waals surface area contributed by atoms with Gasteiger partial charge in [-0.25, -0.2) is 0 Å². The van der Waals surface area contributed by atoms with Crippen molar-refractivity contribution in [2.24, 2.45) is 0 Å². The molecular formula is C18H24N2OS. The van der Waals surface area contributed by atoms with E-state index in [2.05, 4.69) is 47.3 Å². The number of amides is 1. The largest absolute Gasteiger partial charge is 0.353 e. The molecule has 0 unspecified atom stereocenters. The van der Waals surface area contributed by atoms with E-state index in [-0.39, 0.29) is 5.91 Å². The summed E-state index contributed by atoms with van der Waals surface area (Å²) in [6, 6.07) is 8.82. The van der Waals surface area contributed by atoms with Crippen LogP contribution in [0.2, 0.25) is 0 Å². The monoisotopic (exact) mass is 316 g/mol. The van der Waals surface area contributed by atoms with Crippen LogP contribution in [-0.4, -0.2) is 22.3 Å². The fourth-order valence-electron chi connectivity index (χ4n) is 3.25. The maximum atomic E-state index is 12.2. The molecule has 1 heterocycles. The first-order valence-electron chi connectivity index (χ1n) is 8.28. The van der Waals surface area contributed by atoms with Crippen molar-refractivity contribution in [3.63, 3.8) is 0 Å². The summed E-state index contributed by atoms with van der Waals surface area (Å²) in [6.07, 6.45) is 8.28. The first kappa shape index (κ1) is 15.5. The Hall–Kier alpha value is -1.42. The Kier molecular flexibility index (Phi) is 5.08. The molecule has 0 aliphatic heterocycles. The van der Waals surface area contributed by atoms with Crippen LogP contribution in [0.4, 0.5) is 0 Å². The second-order valence-electron chi connectivity index (χ2n) is 5.99. The summed E-state index contributed by atoms with van der Waals surface area (Å²) in [5.74, 6) is 0.680. The van der Waals surface area contributed by atoms with Crippen molar-refractivity contribution >= 4 is 28.6 Å². The van der Waals surface area contributed by atoms with E-state index < -0.39 is 0 Å². The average molecular weight is 316 g/mol. The van der Waals surface area contributed by atoms with Gasteiger partial charge in [0.15, 0.2) is 0 Å². The first-order valence-corrected chi connectivity index (χ1v) is 9.26. The van der Waals surface area contributed by atoms with Crippen molar-refractivity contribution in [2.45, 2.75) is 56.5 Å². The van der Waals surface area contributed by atoms with Crippen LogP contribution >= 0.6 is 11.8 Å². The lowest BCUT2D eigenvalue weighted by Crippen LogP contribution is -2.37. The molecule has 1 N–H and O–H groups in total. The summed E-state index contributed by atoms with van der Waals surface area (Å²) in [5.41, 5.74) is 1.25. The molecular weight excluding hydrogens is 292 g/mol. The number of thioether (sulfide) groups is 1. The highest BCUT2D eigenvalue weighted by Crippen LogP contribution is 2.30. The normalized spacial score (nSPS) is 16.0. The van der Waals surface area contributed by atoms with E-state index in [9.17, 15) is 4.79 Å². The molecule has 4 heteroatoms. The van der Waals surface area contributed by atoms with Crippen LogP contribution in [0.3, 0.4) is 0 Å². The zero-order valence-electron chi connectivity index (χ0n) is 13.2. The Bertz CT molecular complexity index is 644. The van der Waals surface area contributed by atoms with Crippen LogP contribution in [-0.2, 0) is 11.3 Å². The van der Waals surface area contributed by atoms with Crippen molar-refractivity contribution in [1.82, 2.24) is 9.88 Å². The summed E-state index contributed by atoms with van der Waals surface area (Å²) >= 11 is 1.65. The summed E-state index contributed by atoms with van der Waals surface area (Å²) in [5, 5.41) is 4.44. The molecule has 0 saturated heterocycles. The Morgan fingerprint density at radius 3 is 2.82 bits per heavy atom. The molecule has 3 nitrogen and oxygen atoms in total. The molecule has 0 radical (unpaired) electrons. The zero-order valence-corrected chi connectivity index (χ0v) is 14.0. The van der Waals surface area contributed by atoms with E-state index in [1.807, 2.05) is 0 Å². The van der Waals surface area contributed by atoms with Gasteiger partial charge in [0.2, 0.25) is 5.91 Å². The third kappa shape index (κ3) is 3.49. The number of benzene rings is 1. The number of para-hydroxylation sites is 1. The van der Waals surface area contributed by atoms with Gasteiger partial charge < -0.3 is 9.88 Å². The fraction of sp³-hybridized carbons (Fsp3) is 0.500. The molecule has 1 aliphatic rings. The fourth-order valence-corrected chi connectivity index (χ4v) is 4.15. The number of carbonyl (C=O) groups is 1. The number of nitrogens with one attached hydrogen (secondary N) is 1. The summed E-state index contributed by atoms with van der Waals surface area (Å²) < 4.78 is 2.25. The second-order valence-corrected chi connectivity index (χ2v) is 7.00. The lowest BCUT2D eigenvalue weighted by atomic mass is 9.95. The summed E-state index contributed by atoms with van der Waals surface area (Å²) in [7, 11) is 0. The molecule has 0 bridgehead atoms. The second kappa shape index (κ2) is 7.23. The smallest absolute Gasteiger partial charge is 0.230 e. The number of aromatic nitrogens is 1. The Labute approximate surface area is 136 Å². The van der Waals surface area contributed by atoms with Gasteiger partial charge in [0.05, 0.1) is 5.75 Å². The number of nitrogens with zero attached hydrogens (tertiary/aromatic N) is 1. The zero-order chi connectivity index (χ0) is 15.4. The van der Waals surface area contributed by atoms with Gasteiger partial charge in [-0.05, 0) is 25.8 Å². The highest BCUT2D eigenvalue weighted by Gasteiger charge is 2.16. The molecule has 1 aromatic heterocycles. The lowest BCUT2D eigenvalue weighted by Gasteiger charge is -2.22. The molecule has 2 aromatic rings. The van der Waals surface area contributed by atoms with Crippen LogP contribution in [0.25, 0.3) is 10.9 Å². The number of aryl methyl sites for hydroxylation is 1. The summed E-state index contributed by atoms with van der Waals surface area (Å²) in [6.45, 7) is 3.10. The highest BCUT2D eigenvalue weighted by molar-refractivity contribution is 8.00. The molecule has 0 spiro atoms. The molecule has 1 aromatic carbocycles. The number of carbonyl (C=O) groups excluding carboxylic acids is 1. The van der Waals surface area contributed by atoms with Crippen molar-refractivity contribution in [3.8, 4) is 0 Å². The third-order valence-electron chi connectivity index (χ3n) is 4.42. The minimum atomic E-state index is 0.172. The van der Waals surface area contributed by atoms with E-state index in [0.29, 0.717) is 11.8 Å². The van der Waals surface area contributed by atoms with Crippen LogP contribution in [0, 0.1) is 0 Å². The third-order valence-corrected chi connectivity index (χ3v) is 5.46. The van der Waals surface area contributed by atoms with Gasteiger partial charge in [-0.1, -0.05) is 37.5 Å². The maximum absolute atomic E-state index is 12.2. The van der Waals surface area contributed by atoms with Crippen LogP contribution in [0.15, 0.2) is 35.4 Å². The lowest BCUT2D eigenvalue weighted by molar-refractivity contribution is -0.119. The van der Waals surface area contributed by atoms with E-state index in [1.54, 1.807) is 11.8 Å². The van der Waals surface area contributed by atoms with Gasteiger partial charge in [-0.15, -0.1) is 11.8 Å². The van der Waals surface area contributed by atoms with Crippen LogP contribution in [0.1, 0.15) is 39.0 Å². The number of rotatable bonds is 5. The molecule has 1 saturated carbocycles. The Morgan fingerprint density at radius 1 is 1.27 bits per heavy atom. The predicted molar refractivity (Wildman–Crippen MR) is 93.4 cm³/mol. The minimum Gasteiger partial charge on any atom is -0.353 e. The van der Waals surface area contributed by atoms with Crippen LogP contribution in [0.5, 0.6) is 0 Å². The molecule has 22 heavy (non-hydrogen) atoms. The van der Waals surface area contributed by atoms with E-state index >= 15 is 0 Å². The van der Waals surface area contributed by atoms with Gasteiger partial charge in [-0.2, -0.15) is 0 Å². The van der Waals surface area contributed by atoms with Gasteiger partial charge in [0.25, 0.3) is 0 Å². The molecule has 0 atom stereocenters. The maximum Gasteiger partial charge on any atom is 0.230 e. The van der Waals surface area contributed by atoms with Crippen molar-refractivity contribution in [1.29, 1.82) is 0 Å². The van der Waals surface area contributed by atoms with E-state index in [1.165, 1.54) is 35.1 Å². The SMILES string of the molecule is CCn1cc(SCC(=O)NC2CCCCC2)c2ccccc21. The predicted octanol–water partition coefficient (Wildman–Crippen LogP) is 4.20. The average Bonchev–Trinajstić information content (AvgIpc) is 2.92. The molecule has 1 aliphatic carbocycles. The van der Waals surface area contributed by atoms with Crippen molar-refractivity contribution in [2.75, 3.05) is 5.75 Å². The van der Waals surface area contributed by atoms with E-state index in [0.717, 1.165) is 19.4 Å². The van der Waals surface area contributed by atoms with E-state index in [4.69, 9.17) is 0 Å². The number of fused-ring (bicyclic) bond motifs is 1. The quantitative estimate of drug-likeness (QED) is 0.839. The standard InChI is InChI=1S/C18H24N2OS/c1-2-20-12-17(15-10-6-7-11-16(15)20)22-13-18(21)19-14-8-4-3-5-9-14/h6-7,10-12,14H,2-5,8-9,13H2,1H3,(H,19,21). The van der Waals surface area contributed by atoms with Gasteiger partial charge in [0, 0.05) is 34.6 Å². The number of hydrogen-bond acceptors (Lipinski definition) is 2. The summed E-state index contributed by atoms with van der Waals surface area (Å²) in [4.78, 5) is 13.4. The molecule has 1 fully saturated rings. The van der Waals surface area contributed by atoms with Crippen molar-refractivity contribution < 1.29 is 4.79 Å². The van der Waals surface area contributed by atoms with Gasteiger partial charge in [-0.3, -0.25) is 4.79 Å². The van der Waals surface area contributed by atoms with Crippen LogP contribution < -0.4 is 5.32 Å². The number of hydrogen-bond donors (Lipinski definition) is 1. The molecule has 1 amide bonds.